The molecule has 1 aromatic rings. The fraction of sp³-hybridized carbons (Fsp3) is 0.615. The zero-order valence-electron chi connectivity index (χ0n) is 10.7. The van der Waals surface area contributed by atoms with Crippen LogP contribution < -0.4 is 5.32 Å². The third-order valence-electron chi connectivity index (χ3n) is 2.44. The van der Waals surface area contributed by atoms with Crippen molar-refractivity contribution in [2.75, 3.05) is 25.5 Å². The Morgan fingerprint density at radius 3 is 2.81 bits per heavy atom. The first-order valence-corrected chi connectivity index (χ1v) is 6.13. The van der Waals surface area contributed by atoms with Crippen LogP contribution in [0.25, 0.3) is 0 Å². The lowest BCUT2D eigenvalue weighted by Crippen LogP contribution is -2.18. The van der Waals surface area contributed by atoms with E-state index >= 15 is 0 Å². The zero-order valence-corrected chi connectivity index (χ0v) is 10.7. The Bertz CT molecular complexity index is 299. The lowest BCUT2D eigenvalue weighted by atomic mass is 10.2. The van der Waals surface area contributed by atoms with Gasteiger partial charge in [0.1, 0.15) is 5.82 Å². The lowest BCUT2D eigenvalue weighted by molar-refractivity contribution is 0.327. The molecular formula is C13H23N3. The van der Waals surface area contributed by atoms with Gasteiger partial charge < -0.3 is 10.2 Å². The van der Waals surface area contributed by atoms with Crippen LogP contribution in [-0.4, -0.2) is 30.0 Å². The third kappa shape index (κ3) is 4.62. The highest BCUT2D eigenvalue weighted by Crippen LogP contribution is 2.09. The highest BCUT2D eigenvalue weighted by molar-refractivity contribution is 5.37. The molecule has 3 heteroatoms. The average molecular weight is 221 g/mol. The number of rotatable bonds is 7. The van der Waals surface area contributed by atoms with Crippen molar-refractivity contribution in [1.82, 2.24) is 9.88 Å². The summed E-state index contributed by atoms with van der Waals surface area (Å²) in [5, 5.41) is 3.31. The van der Waals surface area contributed by atoms with Crippen molar-refractivity contribution in [1.29, 1.82) is 0 Å². The number of pyridine rings is 1. The average Bonchev–Trinajstić information content (AvgIpc) is 2.27. The van der Waals surface area contributed by atoms with Crippen LogP contribution in [0.3, 0.4) is 0 Å². The second-order valence-electron chi connectivity index (χ2n) is 4.21. The van der Waals surface area contributed by atoms with Gasteiger partial charge in [-0.1, -0.05) is 13.8 Å². The SMILES string of the molecule is CCCNc1cc(CN(C)CCC)ccn1. The van der Waals surface area contributed by atoms with E-state index in [4.69, 9.17) is 0 Å². The summed E-state index contributed by atoms with van der Waals surface area (Å²) >= 11 is 0. The Balaban J connectivity index is 2.52. The molecule has 0 amide bonds. The van der Waals surface area contributed by atoms with E-state index in [-0.39, 0.29) is 0 Å². The molecule has 16 heavy (non-hydrogen) atoms. The van der Waals surface area contributed by atoms with Gasteiger partial charge in [0, 0.05) is 19.3 Å². The largest absolute Gasteiger partial charge is 0.370 e. The molecule has 90 valence electrons. The summed E-state index contributed by atoms with van der Waals surface area (Å²) in [5.74, 6) is 0.990. The zero-order chi connectivity index (χ0) is 11.8. The predicted octanol–water partition coefficient (Wildman–Crippen LogP) is 2.75. The summed E-state index contributed by atoms with van der Waals surface area (Å²) in [6.45, 7) is 7.49. The maximum atomic E-state index is 4.30. The molecule has 0 saturated heterocycles. The molecule has 0 aliphatic carbocycles. The molecule has 0 spiro atoms. The van der Waals surface area contributed by atoms with Gasteiger partial charge in [0.15, 0.2) is 0 Å². The minimum absolute atomic E-state index is 0.987. The van der Waals surface area contributed by atoms with E-state index < -0.39 is 0 Å². The van der Waals surface area contributed by atoms with E-state index in [2.05, 4.69) is 48.2 Å². The van der Waals surface area contributed by atoms with Gasteiger partial charge in [-0.3, -0.25) is 0 Å². The van der Waals surface area contributed by atoms with Gasteiger partial charge in [0.05, 0.1) is 0 Å². The van der Waals surface area contributed by atoms with E-state index in [1.54, 1.807) is 0 Å². The third-order valence-corrected chi connectivity index (χ3v) is 2.44. The van der Waals surface area contributed by atoms with Gasteiger partial charge in [0.2, 0.25) is 0 Å². The van der Waals surface area contributed by atoms with Gasteiger partial charge in [-0.25, -0.2) is 4.98 Å². The fourth-order valence-electron chi connectivity index (χ4n) is 1.69. The summed E-state index contributed by atoms with van der Waals surface area (Å²) in [4.78, 5) is 6.63. The molecule has 0 atom stereocenters. The highest BCUT2D eigenvalue weighted by Gasteiger charge is 2.00. The number of aromatic nitrogens is 1. The van der Waals surface area contributed by atoms with Crippen molar-refractivity contribution in [2.45, 2.75) is 33.2 Å². The first kappa shape index (κ1) is 13.0. The Hall–Kier alpha value is -1.09. The van der Waals surface area contributed by atoms with E-state index in [9.17, 15) is 0 Å². The monoisotopic (exact) mass is 221 g/mol. The lowest BCUT2D eigenvalue weighted by Gasteiger charge is -2.15. The molecule has 3 nitrogen and oxygen atoms in total. The number of hydrogen-bond donors (Lipinski definition) is 1. The number of anilines is 1. The van der Waals surface area contributed by atoms with Crippen LogP contribution in [0, 0.1) is 0 Å². The van der Waals surface area contributed by atoms with E-state index in [0.29, 0.717) is 0 Å². The molecule has 0 radical (unpaired) electrons. The van der Waals surface area contributed by atoms with E-state index in [0.717, 1.165) is 31.9 Å². The maximum Gasteiger partial charge on any atom is 0.126 e. The Morgan fingerprint density at radius 2 is 2.12 bits per heavy atom. The minimum Gasteiger partial charge on any atom is -0.370 e. The summed E-state index contributed by atoms with van der Waals surface area (Å²) in [5.41, 5.74) is 1.32. The molecule has 0 fully saturated rings. The molecule has 1 aromatic heterocycles. The molecule has 1 N–H and O–H groups in total. The molecule has 0 aliphatic rings. The molecule has 0 saturated carbocycles. The van der Waals surface area contributed by atoms with Crippen molar-refractivity contribution in [3.63, 3.8) is 0 Å². The van der Waals surface area contributed by atoms with Crippen molar-refractivity contribution < 1.29 is 0 Å². The second kappa shape index (κ2) is 7.23. The topological polar surface area (TPSA) is 28.2 Å². The summed E-state index contributed by atoms with van der Waals surface area (Å²) in [6.07, 6.45) is 4.21. The molecule has 0 aliphatic heterocycles. The maximum absolute atomic E-state index is 4.30. The van der Waals surface area contributed by atoms with Gasteiger partial charge >= 0.3 is 0 Å². The van der Waals surface area contributed by atoms with Crippen molar-refractivity contribution in [2.24, 2.45) is 0 Å². The first-order chi connectivity index (χ1) is 7.76. The normalized spacial score (nSPS) is 10.8. The smallest absolute Gasteiger partial charge is 0.126 e. The molecule has 1 rings (SSSR count). The Morgan fingerprint density at radius 1 is 1.31 bits per heavy atom. The van der Waals surface area contributed by atoms with Gasteiger partial charge in [-0.05, 0) is 44.1 Å². The summed E-state index contributed by atoms with van der Waals surface area (Å²) in [7, 11) is 2.16. The first-order valence-electron chi connectivity index (χ1n) is 6.13. The minimum atomic E-state index is 0.987. The van der Waals surface area contributed by atoms with Crippen LogP contribution in [0.2, 0.25) is 0 Å². The van der Waals surface area contributed by atoms with Gasteiger partial charge in [0.25, 0.3) is 0 Å². The van der Waals surface area contributed by atoms with Crippen molar-refractivity contribution >= 4 is 5.82 Å². The quantitative estimate of drug-likeness (QED) is 0.767. The number of hydrogen-bond acceptors (Lipinski definition) is 3. The molecule has 0 unspecified atom stereocenters. The van der Waals surface area contributed by atoms with Crippen molar-refractivity contribution in [3.8, 4) is 0 Å². The molecular weight excluding hydrogens is 198 g/mol. The summed E-state index contributed by atoms with van der Waals surface area (Å²) < 4.78 is 0. The van der Waals surface area contributed by atoms with Crippen LogP contribution in [0.1, 0.15) is 32.3 Å². The summed E-state index contributed by atoms with van der Waals surface area (Å²) in [6, 6.07) is 4.23. The van der Waals surface area contributed by atoms with Crippen LogP contribution in [0.15, 0.2) is 18.3 Å². The van der Waals surface area contributed by atoms with Crippen LogP contribution in [-0.2, 0) is 6.54 Å². The highest BCUT2D eigenvalue weighted by atomic mass is 15.1. The Kier molecular flexibility index (Phi) is 5.86. The predicted molar refractivity (Wildman–Crippen MR) is 69.6 cm³/mol. The molecule has 0 aromatic carbocycles. The van der Waals surface area contributed by atoms with Crippen molar-refractivity contribution in [3.05, 3.63) is 23.9 Å². The van der Waals surface area contributed by atoms with E-state index in [1.165, 1.54) is 12.0 Å². The van der Waals surface area contributed by atoms with Gasteiger partial charge in [-0.15, -0.1) is 0 Å². The van der Waals surface area contributed by atoms with Crippen LogP contribution in [0.5, 0.6) is 0 Å². The molecule has 1 heterocycles. The fourth-order valence-corrected chi connectivity index (χ4v) is 1.69. The number of nitrogens with one attached hydrogen (secondary N) is 1. The number of nitrogens with zero attached hydrogens (tertiary/aromatic N) is 2. The van der Waals surface area contributed by atoms with Crippen LogP contribution >= 0.6 is 0 Å². The van der Waals surface area contributed by atoms with Gasteiger partial charge in [-0.2, -0.15) is 0 Å². The standard InChI is InChI=1S/C13H23N3/c1-4-7-14-13-10-12(6-8-15-13)11-16(3)9-5-2/h6,8,10H,4-5,7,9,11H2,1-3H3,(H,14,15). The Labute approximate surface area is 98.9 Å². The second-order valence-corrected chi connectivity index (χ2v) is 4.21. The molecule has 0 bridgehead atoms. The van der Waals surface area contributed by atoms with Crippen LogP contribution in [0.4, 0.5) is 5.82 Å². The van der Waals surface area contributed by atoms with E-state index in [1.807, 2.05) is 6.20 Å².